The SMILES string of the molecule is C=CCC1(CO)CCCN(CCCOc2ccc(C(N)=O)cc2)C1. The van der Waals surface area contributed by atoms with E-state index in [1.807, 2.05) is 6.08 Å². The van der Waals surface area contributed by atoms with E-state index in [2.05, 4.69) is 11.5 Å². The molecule has 5 nitrogen and oxygen atoms in total. The summed E-state index contributed by atoms with van der Waals surface area (Å²) in [6.07, 6.45) is 5.88. The number of primary amides is 1. The van der Waals surface area contributed by atoms with E-state index in [1.54, 1.807) is 24.3 Å². The summed E-state index contributed by atoms with van der Waals surface area (Å²) >= 11 is 0. The van der Waals surface area contributed by atoms with Crippen molar-refractivity contribution in [3.63, 3.8) is 0 Å². The van der Waals surface area contributed by atoms with E-state index in [0.29, 0.717) is 12.2 Å². The second-order valence-electron chi connectivity index (χ2n) is 6.62. The van der Waals surface area contributed by atoms with Gasteiger partial charge in [0.05, 0.1) is 13.2 Å². The fourth-order valence-electron chi connectivity index (χ4n) is 3.36. The standard InChI is InChI=1S/C19H28N2O3/c1-2-9-19(15-22)10-3-11-21(14-19)12-4-13-24-17-7-5-16(6-8-17)18(20)23/h2,5-8,22H,1,3-4,9-15H2,(H2,20,23). The van der Waals surface area contributed by atoms with Crippen molar-refractivity contribution >= 4 is 5.91 Å². The third-order valence-corrected chi connectivity index (χ3v) is 4.68. The third kappa shape index (κ3) is 5.08. The van der Waals surface area contributed by atoms with E-state index in [1.165, 1.54) is 0 Å². The van der Waals surface area contributed by atoms with Crippen LogP contribution < -0.4 is 10.5 Å². The summed E-state index contributed by atoms with van der Waals surface area (Å²) in [6, 6.07) is 6.88. The van der Waals surface area contributed by atoms with Crippen LogP contribution in [0.5, 0.6) is 5.75 Å². The van der Waals surface area contributed by atoms with Crippen molar-refractivity contribution in [2.75, 3.05) is 32.8 Å². The van der Waals surface area contributed by atoms with Gasteiger partial charge in [-0.05, 0) is 56.5 Å². The molecule has 24 heavy (non-hydrogen) atoms. The smallest absolute Gasteiger partial charge is 0.248 e. The minimum absolute atomic E-state index is 0.0224. The molecule has 1 unspecified atom stereocenters. The number of hydrogen-bond acceptors (Lipinski definition) is 4. The molecule has 0 saturated carbocycles. The summed E-state index contributed by atoms with van der Waals surface area (Å²) in [7, 11) is 0. The molecule has 5 heteroatoms. The monoisotopic (exact) mass is 332 g/mol. The maximum Gasteiger partial charge on any atom is 0.248 e. The number of aliphatic hydroxyl groups excluding tert-OH is 1. The largest absolute Gasteiger partial charge is 0.494 e. The normalized spacial score (nSPS) is 21.4. The third-order valence-electron chi connectivity index (χ3n) is 4.68. The second-order valence-corrected chi connectivity index (χ2v) is 6.62. The van der Waals surface area contributed by atoms with Crippen molar-refractivity contribution < 1.29 is 14.6 Å². The van der Waals surface area contributed by atoms with Gasteiger partial charge >= 0.3 is 0 Å². The van der Waals surface area contributed by atoms with Crippen molar-refractivity contribution in [2.45, 2.75) is 25.7 Å². The van der Waals surface area contributed by atoms with Gasteiger partial charge in [0.15, 0.2) is 0 Å². The van der Waals surface area contributed by atoms with Gasteiger partial charge in [0.1, 0.15) is 5.75 Å². The van der Waals surface area contributed by atoms with E-state index in [-0.39, 0.29) is 12.0 Å². The first-order chi connectivity index (χ1) is 11.6. The Labute approximate surface area is 144 Å². The molecule has 0 aliphatic carbocycles. The first-order valence-electron chi connectivity index (χ1n) is 8.55. The van der Waals surface area contributed by atoms with E-state index >= 15 is 0 Å². The van der Waals surface area contributed by atoms with Crippen molar-refractivity contribution in [1.82, 2.24) is 4.90 Å². The van der Waals surface area contributed by atoms with Gasteiger partial charge in [0.2, 0.25) is 5.91 Å². The van der Waals surface area contributed by atoms with E-state index in [0.717, 1.165) is 51.1 Å². The molecule has 1 heterocycles. The minimum Gasteiger partial charge on any atom is -0.494 e. The Morgan fingerprint density at radius 1 is 1.42 bits per heavy atom. The number of carbonyl (C=O) groups excluding carboxylic acids is 1. The number of piperidine rings is 1. The van der Waals surface area contributed by atoms with Crippen molar-refractivity contribution in [2.24, 2.45) is 11.1 Å². The highest BCUT2D eigenvalue weighted by Crippen LogP contribution is 2.33. The van der Waals surface area contributed by atoms with Gasteiger partial charge in [-0.1, -0.05) is 6.08 Å². The van der Waals surface area contributed by atoms with Gasteiger partial charge in [0, 0.05) is 24.1 Å². The number of allylic oxidation sites excluding steroid dienone is 1. The number of nitrogens with zero attached hydrogens (tertiary/aromatic N) is 1. The molecule has 1 aromatic carbocycles. The zero-order chi connectivity index (χ0) is 17.4. The van der Waals surface area contributed by atoms with E-state index in [4.69, 9.17) is 10.5 Å². The lowest BCUT2D eigenvalue weighted by molar-refractivity contribution is 0.0325. The van der Waals surface area contributed by atoms with Crippen molar-refractivity contribution in [3.05, 3.63) is 42.5 Å². The Bertz CT molecular complexity index is 544. The van der Waals surface area contributed by atoms with Gasteiger partial charge in [0.25, 0.3) is 0 Å². The fraction of sp³-hybridized carbons (Fsp3) is 0.526. The number of ether oxygens (including phenoxy) is 1. The molecule has 1 aliphatic heterocycles. The van der Waals surface area contributed by atoms with Gasteiger partial charge in [-0.2, -0.15) is 0 Å². The zero-order valence-corrected chi connectivity index (χ0v) is 14.2. The maximum absolute atomic E-state index is 11.0. The Morgan fingerprint density at radius 3 is 2.79 bits per heavy atom. The predicted octanol–water partition coefficient (Wildman–Crippen LogP) is 2.21. The Kier molecular flexibility index (Phi) is 6.82. The second kappa shape index (κ2) is 8.85. The summed E-state index contributed by atoms with van der Waals surface area (Å²) in [6.45, 7) is 7.62. The summed E-state index contributed by atoms with van der Waals surface area (Å²) < 4.78 is 5.71. The number of rotatable bonds is 9. The summed E-state index contributed by atoms with van der Waals surface area (Å²) in [5, 5.41) is 9.74. The molecule has 0 radical (unpaired) electrons. The molecule has 1 aliphatic rings. The van der Waals surface area contributed by atoms with Crippen LogP contribution in [0.3, 0.4) is 0 Å². The zero-order valence-electron chi connectivity index (χ0n) is 14.2. The number of benzene rings is 1. The highest BCUT2D eigenvalue weighted by atomic mass is 16.5. The van der Waals surface area contributed by atoms with Crippen LogP contribution >= 0.6 is 0 Å². The average Bonchev–Trinajstić information content (AvgIpc) is 2.60. The molecule has 0 bridgehead atoms. The minimum atomic E-state index is -0.432. The highest BCUT2D eigenvalue weighted by Gasteiger charge is 2.33. The molecule has 1 saturated heterocycles. The van der Waals surface area contributed by atoms with Crippen LogP contribution in [0.15, 0.2) is 36.9 Å². The molecule has 1 fully saturated rings. The number of likely N-dealkylation sites (tertiary alicyclic amines) is 1. The predicted molar refractivity (Wildman–Crippen MR) is 95.1 cm³/mol. The Hall–Kier alpha value is -1.85. The lowest BCUT2D eigenvalue weighted by Gasteiger charge is -2.41. The molecule has 1 aromatic rings. The first-order valence-corrected chi connectivity index (χ1v) is 8.55. The quantitative estimate of drug-likeness (QED) is 0.537. The van der Waals surface area contributed by atoms with Crippen LogP contribution in [0, 0.1) is 5.41 Å². The van der Waals surface area contributed by atoms with Gasteiger partial charge in [-0.15, -0.1) is 6.58 Å². The van der Waals surface area contributed by atoms with Crippen molar-refractivity contribution in [3.8, 4) is 5.75 Å². The number of amides is 1. The van der Waals surface area contributed by atoms with E-state index < -0.39 is 5.91 Å². The molecule has 2 rings (SSSR count). The number of nitrogens with two attached hydrogens (primary N) is 1. The summed E-state index contributed by atoms with van der Waals surface area (Å²) in [4.78, 5) is 13.4. The van der Waals surface area contributed by atoms with Crippen molar-refractivity contribution in [1.29, 1.82) is 0 Å². The Balaban J connectivity index is 1.73. The molecular weight excluding hydrogens is 304 g/mol. The number of aliphatic hydroxyl groups is 1. The van der Waals surface area contributed by atoms with Crippen LogP contribution in [0.4, 0.5) is 0 Å². The number of hydrogen-bond donors (Lipinski definition) is 2. The Morgan fingerprint density at radius 2 is 2.17 bits per heavy atom. The van der Waals surface area contributed by atoms with Gasteiger partial charge in [-0.25, -0.2) is 0 Å². The molecule has 1 atom stereocenters. The van der Waals surface area contributed by atoms with Crippen LogP contribution in [0.25, 0.3) is 0 Å². The average molecular weight is 332 g/mol. The highest BCUT2D eigenvalue weighted by molar-refractivity contribution is 5.92. The van der Waals surface area contributed by atoms with Crippen LogP contribution in [-0.4, -0.2) is 48.8 Å². The van der Waals surface area contributed by atoms with Gasteiger partial charge < -0.3 is 20.5 Å². The lowest BCUT2D eigenvalue weighted by atomic mass is 9.78. The van der Waals surface area contributed by atoms with Crippen LogP contribution in [-0.2, 0) is 0 Å². The molecule has 1 amide bonds. The first kappa shape index (κ1) is 18.5. The van der Waals surface area contributed by atoms with Crippen LogP contribution in [0.2, 0.25) is 0 Å². The topological polar surface area (TPSA) is 75.8 Å². The fourth-order valence-corrected chi connectivity index (χ4v) is 3.36. The maximum atomic E-state index is 11.0. The summed E-state index contributed by atoms with van der Waals surface area (Å²) in [5.41, 5.74) is 5.68. The molecular formula is C19H28N2O3. The van der Waals surface area contributed by atoms with Crippen LogP contribution in [0.1, 0.15) is 36.0 Å². The lowest BCUT2D eigenvalue weighted by Crippen LogP contribution is -2.45. The summed E-state index contributed by atoms with van der Waals surface area (Å²) in [5.74, 6) is 0.313. The van der Waals surface area contributed by atoms with Gasteiger partial charge in [-0.3, -0.25) is 4.79 Å². The molecule has 3 N–H and O–H groups in total. The van der Waals surface area contributed by atoms with E-state index in [9.17, 15) is 9.90 Å². The molecule has 0 aromatic heterocycles. The molecule has 132 valence electrons. The molecule has 0 spiro atoms. The number of carbonyl (C=O) groups is 1.